The maximum absolute atomic E-state index is 5.93. The van der Waals surface area contributed by atoms with Gasteiger partial charge in [-0.05, 0) is 26.7 Å². The first-order valence-corrected chi connectivity index (χ1v) is 11.7. The van der Waals surface area contributed by atoms with Crippen molar-refractivity contribution in [1.29, 1.82) is 0 Å². The number of unbranched alkanes of at least 4 members (excludes halogenated alkanes) is 2. The van der Waals surface area contributed by atoms with Crippen molar-refractivity contribution in [3.8, 4) is 11.5 Å². The lowest BCUT2D eigenvalue weighted by atomic mass is 10.3. The standard InChI is InChI=1S/C22H40O6S.CH4/c1-5-7-9-23-11-13-25-15-17-27-21-19(3)29-20(4)22(21)28-18-16-26-14-12-24-10-8-6-2;/h5-18H2,1-4H3;1H4. The summed E-state index contributed by atoms with van der Waals surface area (Å²) in [5, 5.41) is 0. The van der Waals surface area contributed by atoms with Gasteiger partial charge in [0, 0.05) is 23.0 Å². The number of rotatable bonds is 20. The van der Waals surface area contributed by atoms with Crippen LogP contribution in [0.15, 0.2) is 0 Å². The van der Waals surface area contributed by atoms with Crippen molar-refractivity contribution in [2.45, 2.75) is 60.8 Å². The number of hydrogen-bond acceptors (Lipinski definition) is 7. The van der Waals surface area contributed by atoms with Crippen LogP contribution in [0, 0.1) is 13.8 Å². The molecule has 1 heterocycles. The monoisotopic (exact) mass is 448 g/mol. The molecule has 0 radical (unpaired) electrons. The Balaban J connectivity index is 0.00000841. The van der Waals surface area contributed by atoms with Gasteiger partial charge in [0.1, 0.15) is 13.2 Å². The summed E-state index contributed by atoms with van der Waals surface area (Å²) in [6.45, 7) is 14.5. The molecule has 6 nitrogen and oxygen atoms in total. The largest absolute Gasteiger partial charge is 0.486 e. The molecular weight excluding hydrogens is 404 g/mol. The zero-order chi connectivity index (χ0) is 21.2. The normalized spacial score (nSPS) is 10.8. The van der Waals surface area contributed by atoms with Gasteiger partial charge in [-0.2, -0.15) is 0 Å². The number of thiophene rings is 1. The molecule has 0 bridgehead atoms. The molecule has 1 rings (SSSR count). The Morgan fingerprint density at radius 3 is 1.23 bits per heavy atom. The zero-order valence-corrected chi connectivity index (χ0v) is 19.6. The zero-order valence-electron chi connectivity index (χ0n) is 18.8. The van der Waals surface area contributed by atoms with E-state index in [4.69, 9.17) is 28.4 Å². The average molecular weight is 449 g/mol. The first-order chi connectivity index (χ1) is 14.2. The highest BCUT2D eigenvalue weighted by Gasteiger charge is 2.16. The quantitative estimate of drug-likeness (QED) is 0.248. The number of hydrogen-bond donors (Lipinski definition) is 0. The molecule has 0 amide bonds. The van der Waals surface area contributed by atoms with Crippen molar-refractivity contribution < 1.29 is 28.4 Å². The number of aryl methyl sites for hydroxylation is 2. The van der Waals surface area contributed by atoms with Crippen LogP contribution in [-0.2, 0) is 18.9 Å². The fourth-order valence-corrected chi connectivity index (χ4v) is 3.47. The highest BCUT2D eigenvalue weighted by Crippen LogP contribution is 2.41. The molecule has 0 aromatic carbocycles. The summed E-state index contributed by atoms with van der Waals surface area (Å²) in [4.78, 5) is 2.23. The molecule has 0 aliphatic carbocycles. The summed E-state index contributed by atoms with van der Waals surface area (Å²) >= 11 is 1.68. The van der Waals surface area contributed by atoms with Crippen LogP contribution >= 0.6 is 11.3 Å². The van der Waals surface area contributed by atoms with E-state index in [1.54, 1.807) is 11.3 Å². The lowest BCUT2D eigenvalue weighted by Crippen LogP contribution is -2.13. The van der Waals surface area contributed by atoms with Gasteiger partial charge in [0.25, 0.3) is 0 Å². The van der Waals surface area contributed by atoms with Gasteiger partial charge in [-0.25, -0.2) is 0 Å². The molecule has 0 N–H and O–H groups in total. The van der Waals surface area contributed by atoms with Crippen molar-refractivity contribution in [3.63, 3.8) is 0 Å². The Hall–Kier alpha value is -0.860. The average Bonchev–Trinajstić information content (AvgIpc) is 2.98. The van der Waals surface area contributed by atoms with Crippen LogP contribution in [0.4, 0.5) is 0 Å². The van der Waals surface area contributed by atoms with E-state index in [1.807, 2.05) is 13.8 Å². The van der Waals surface area contributed by atoms with Crippen LogP contribution in [0.25, 0.3) is 0 Å². The van der Waals surface area contributed by atoms with Crippen molar-refractivity contribution in [2.75, 3.05) is 66.1 Å². The maximum atomic E-state index is 5.93. The lowest BCUT2D eigenvalue weighted by molar-refractivity contribution is 0.0324. The Labute approximate surface area is 188 Å². The fraction of sp³-hybridized carbons (Fsp3) is 0.826. The van der Waals surface area contributed by atoms with Crippen LogP contribution < -0.4 is 9.47 Å². The highest BCUT2D eigenvalue weighted by molar-refractivity contribution is 7.12. The van der Waals surface area contributed by atoms with E-state index in [9.17, 15) is 0 Å². The van der Waals surface area contributed by atoms with Crippen LogP contribution in [0.2, 0.25) is 0 Å². The second kappa shape index (κ2) is 20.1. The van der Waals surface area contributed by atoms with Crippen molar-refractivity contribution >= 4 is 11.3 Å². The van der Waals surface area contributed by atoms with Gasteiger partial charge >= 0.3 is 0 Å². The minimum atomic E-state index is 0. The molecule has 0 unspecified atom stereocenters. The SMILES string of the molecule is C.CCCCOCCOCCOc1c(C)sc(C)c1OCCOCCOCCCC. The predicted octanol–water partition coefficient (Wildman–Crippen LogP) is 5.43. The van der Waals surface area contributed by atoms with E-state index < -0.39 is 0 Å². The first kappa shape index (κ1) is 29.1. The van der Waals surface area contributed by atoms with E-state index in [-0.39, 0.29) is 7.43 Å². The van der Waals surface area contributed by atoms with Crippen molar-refractivity contribution in [1.82, 2.24) is 0 Å². The Bertz CT molecular complexity index is 464. The summed E-state index contributed by atoms with van der Waals surface area (Å²) in [7, 11) is 0. The van der Waals surface area contributed by atoms with Crippen LogP contribution in [0.1, 0.15) is 56.7 Å². The summed E-state index contributed by atoms with van der Waals surface area (Å²) < 4.78 is 33.9. The Kier molecular flexibility index (Phi) is 19.5. The molecule has 30 heavy (non-hydrogen) atoms. The van der Waals surface area contributed by atoms with Crippen LogP contribution in [-0.4, -0.2) is 66.1 Å². The summed E-state index contributed by atoms with van der Waals surface area (Å²) in [6.07, 6.45) is 4.50. The minimum Gasteiger partial charge on any atom is -0.486 e. The van der Waals surface area contributed by atoms with Gasteiger partial charge in [0.2, 0.25) is 0 Å². The van der Waals surface area contributed by atoms with E-state index >= 15 is 0 Å². The second-order valence-electron chi connectivity index (χ2n) is 6.73. The molecule has 0 aliphatic rings. The molecule has 0 saturated carbocycles. The van der Waals surface area contributed by atoms with Gasteiger partial charge in [0.05, 0.1) is 39.6 Å². The van der Waals surface area contributed by atoms with E-state index in [0.29, 0.717) is 52.9 Å². The molecule has 0 aliphatic heterocycles. The van der Waals surface area contributed by atoms with Crippen molar-refractivity contribution in [2.24, 2.45) is 0 Å². The molecule has 1 aromatic rings. The van der Waals surface area contributed by atoms with Gasteiger partial charge in [-0.3, -0.25) is 0 Å². The van der Waals surface area contributed by atoms with Crippen LogP contribution in [0.3, 0.4) is 0 Å². The van der Waals surface area contributed by atoms with Gasteiger partial charge in [-0.15, -0.1) is 11.3 Å². The molecule has 0 spiro atoms. The van der Waals surface area contributed by atoms with Gasteiger partial charge in [-0.1, -0.05) is 34.1 Å². The molecule has 0 atom stereocenters. The predicted molar refractivity (Wildman–Crippen MR) is 125 cm³/mol. The third-order valence-corrected chi connectivity index (χ3v) is 5.11. The van der Waals surface area contributed by atoms with E-state index in [1.165, 1.54) is 0 Å². The molecule has 0 fully saturated rings. The third kappa shape index (κ3) is 13.4. The lowest BCUT2D eigenvalue weighted by Gasteiger charge is -2.12. The molecule has 1 aromatic heterocycles. The number of ether oxygens (including phenoxy) is 6. The minimum absolute atomic E-state index is 0. The van der Waals surface area contributed by atoms with E-state index in [0.717, 1.165) is 60.2 Å². The van der Waals surface area contributed by atoms with Gasteiger partial charge < -0.3 is 28.4 Å². The maximum Gasteiger partial charge on any atom is 0.175 e. The topological polar surface area (TPSA) is 55.4 Å². The highest BCUT2D eigenvalue weighted by atomic mass is 32.1. The smallest absolute Gasteiger partial charge is 0.175 e. The fourth-order valence-electron chi connectivity index (χ4n) is 2.52. The van der Waals surface area contributed by atoms with Crippen molar-refractivity contribution in [3.05, 3.63) is 9.75 Å². The third-order valence-electron chi connectivity index (χ3n) is 4.13. The first-order valence-electron chi connectivity index (χ1n) is 10.9. The molecule has 178 valence electrons. The summed E-state index contributed by atoms with van der Waals surface area (Å²) in [6, 6.07) is 0. The van der Waals surface area contributed by atoms with Crippen LogP contribution in [0.5, 0.6) is 11.5 Å². The summed E-state index contributed by atoms with van der Waals surface area (Å²) in [5.41, 5.74) is 0. The van der Waals surface area contributed by atoms with E-state index in [2.05, 4.69) is 13.8 Å². The Morgan fingerprint density at radius 2 is 0.867 bits per heavy atom. The molecule has 0 saturated heterocycles. The summed E-state index contributed by atoms with van der Waals surface area (Å²) in [5.74, 6) is 1.64. The second-order valence-corrected chi connectivity index (χ2v) is 8.16. The van der Waals surface area contributed by atoms with Gasteiger partial charge in [0.15, 0.2) is 11.5 Å². The Morgan fingerprint density at radius 1 is 0.533 bits per heavy atom. The molecule has 7 heteroatoms. The molecular formula is C23H44O6S.